The van der Waals surface area contributed by atoms with Gasteiger partial charge in [-0.2, -0.15) is 0 Å². The predicted octanol–water partition coefficient (Wildman–Crippen LogP) is 4.89. The SMILES string of the molecule is CCCCc1nc(C=C(Cc2ccccc2)C(=O)O)cn1Cc1ccccc1[N+](=O)[O-]. The number of rotatable bonds is 10. The first-order valence-electron chi connectivity index (χ1n) is 10.2. The van der Waals surface area contributed by atoms with Crippen molar-refractivity contribution in [1.29, 1.82) is 0 Å². The summed E-state index contributed by atoms with van der Waals surface area (Å²) in [7, 11) is 0. The third-order valence-electron chi connectivity index (χ3n) is 4.99. The molecule has 31 heavy (non-hydrogen) atoms. The van der Waals surface area contributed by atoms with Crippen LogP contribution in [0.2, 0.25) is 0 Å². The van der Waals surface area contributed by atoms with E-state index in [4.69, 9.17) is 0 Å². The smallest absolute Gasteiger partial charge is 0.331 e. The Labute approximate surface area is 180 Å². The number of unbranched alkanes of at least 4 members (excludes halogenated alkanes) is 1. The van der Waals surface area contributed by atoms with E-state index in [0.717, 1.165) is 24.2 Å². The van der Waals surface area contributed by atoms with Crippen molar-refractivity contribution in [2.75, 3.05) is 0 Å². The van der Waals surface area contributed by atoms with Crippen LogP contribution in [-0.2, 0) is 24.2 Å². The maximum atomic E-state index is 11.8. The summed E-state index contributed by atoms with van der Waals surface area (Å²) in [6.45, 7) is 2.39. The summed E-state index contributed by atoms with van der Waals surface area (Å²) in [5.74, 6) is -0.206. The molecule has 0 spiro atoms. The molecule has 0 fully saturated rings. The van der Waals surface area contributed by atoms with Crippen LogP contribution >= 0.6 is 0 Å². The lowest BCUT2D eigenvalue weighted by Gasteiger charge is -2.08. The van der Waals surface area contributed by atoms with Crippen molar-refractivity contribution in [3.05, 3.63) is 99.1 Å². The number of para-hydroxylation sites is 1. The number of hydrogen-bond acceptors (Lipinski definition) is 4. The average Bonchev–Trinajstić information content (AvgIpc) is 3.13. The predicted molar refractivity (Wildman–Crippen MR) is 119 cm³/mol. The topological polar surface area (TPSA) is 98.3 Å². The van der Waals surface area contributed by atoms with Crippen molar-refractivity contribution in [2.45, 2.75) is 39.2 Å². The minimum Gasteiger partial charge on any atom is -0.478 e. The minimum absolute atomic E-state index is 0.0602. The van der Waals surface area contributed by atoms with Gasteiger partial charge in [0.1, 0.15) is 5.82 Å². The molecule has 1 N–H and O–H groups in total. The highest BCUT2D eigenvalue weighted by atomic mass is 16.6. The van der Waals surface area contributed by atoms with Crippen molar-refractivity contribution in [2.24, 2.45) is 0 Å². The number of benzene rings is 2. The Kier molecular flexibility index (Phi) is 7.32. The van der Waals surface area contributed by atoms with Gasteiger partial charge < -0.3 is 9.67 Å². The highest BCUT2D eigenvalue weighted by molar-refractivity contribution is 5.92. The Bertz CT molecular complexity index is 1090. The Hall–Kier alpha value is -3.74. The fourth-order valence-corrected chi connectivity index (χ4v) is 3.41. The first kappa shape index (κ1) is 22.0. The molecule has 0 aliphatic carbocycles. The van der Waals surface area contributed by atoms with Gasteiger partial charge in [-0.15, -0.1) is 0 Å². The van der Waals surface area contributed by atoms with E-state index in [0.29, 0.717) is 24.2 Å². The number of carboxylic acids is 1. The van der Waals surface area contributed by atoms with Gasteiger partial charge in [0, 0.05) is 36.2 Å². The summed E-state index contributed by atoms with van der Waals surface area (Å²) in [4.78, 5) is 27.4. The Morgan fingerprint density at radius 1 is 1.16 bits per heavy atom. The molecule has 0 amide bonds. The first-order valence-corrected chi connectivity index (χ1v) is 10.2. The van der Waals surface area contributed by atoms with Gasteiger partial charge in [-0.25, -0.2) is 9.78 Å². The number of nitro groups is 1. The van der Waals surface area contributed by atoms with Gasteiger partial charge in [0.15, 0.2) is 0 Å². The third-order valence-corrected chi connectivity index (χ3v) is 4.99. The van der Waals surface area contributed by atoms with E-state index in [1.165, 1.54) is 6.07 Å². The summed E-state index contributed by atoms with van der Waals surface area (Å²) >= 11 is 0. The van der Waals surface area contributed by atoms with Crippen molar-refractivity contribution in [3.8, 4) is 0 Å². The van der Waals surface area contributed by atoms with E-state index in [9.17, 15) is 20.0 Å². The Morgan fingerprint density at radius 2 is 1.87 bits per heavy atom. The normalized spacial score (nSPS) is 11.5. The van der Waals surface area contributed by atoms with Crippen LogP contribution in [-0.4, -0.2) is 25.6 Å². The molecule has 0 saturated carbocycles. The number of nitrogens with zero attached hydrogens (tertiary/aromatic N) is 3. The summed E-state index contributed by atoms with van der Waals surface area (Å²) < 4.78 is 1.88. The number of carboxylic acid groups (broad SMARTS) is 1. The lowest BCUT2D eigenvalue weighted by atomic mass is 10.0. The second kappa shape index (κ2) is 10.3. The number of aromatic nitrogens is 2. The summed E-state index contributed by atoms with van der Waals surface area (Å²) in [6.07, 6.45) is 6.27. The lowest BCUT2D eigenvalue weighted by molar-refractivity contribution is -0.385. The first-order chi connectivity index (χ1) is 15.0. The van der Waals surface area contributed by atoms with Crippen molar-refractivity contribution >= 4 is 17.7 Å². The fraction of sp³-hybridized carbons (Fsp3) is 0.250. The lowest BCUT2D eigenvalue weighted by Crippen LogP contribution is -2.06. The second-order valence-electron chi connectivity index (χ2n) is 7.34. The molecule has 3 aromatic rings. The van der Waals surface area contributed by atoms with Gasteiger partial charge in [-0.1, -0.05) is 61.9 Å². The highest BCUT2D eigenvalue weighted by Gasteiger charge is 2.16. The standard InChI is InChI=1S/C24H25N3O4/c1-2-3-13-23-25-21(15-20(24(28)29)14-18-9-5-4-6-10-18)17-26(23)16-19-11-7-8-12-22(19)27(30)31/h4-12,15,17H,2-3,13-14,16H2,1H3,(H,28,29). The van der Waals surface area contributed by atoms with Crippen molar-refractivity contribution in [1.82, 2.24) is 9.55 Å². The van der Waals surface area contributed by atoms with Crippen molar-refractivity contribution in [3.63, 3.8) is 0 Å². The van der Waals surface area contributed by atoms with E-state index in [1.54, 1.807) is 30.5 Å². The minimum atomic E-state index is -0.993. The van der Waals surface area contributed by atoms with E-state index in [1.807, 2.05) is 34.9 Å². The van der Waals surface area contributed by atoms with Gasteiger partial charge in [-0.05, 0) is 18.1 Å². The molecule has 1 heterocycles. The number of carbonyl (C=O) groups is 1. The van der Waals surface area contributed by atoms with E-state index >= 15 is 0 Å². The largest absolute Gasteiger partial charge is 0.478 e. The monoisotopic (exact) mass is 419 g/mol. The molecule has 0 unspecified atom stereocenters. The molecule has 0 saturated heterocycles. The maximum Gasteiger partial charge on any atom is 0.331 e. The number of aryl methyl sites for hydroxylation is 1. The molecule has 7 nitrogen and oxygen atoms in total. The summed E-state index contributed by atoms with van der Waals surface area (Å²) in [6, 6.07) is 16.0. The molecule has 3 rings (SSSR count). The van der Waals surface area contributed by atoms with Gasteiger partial charge in [0.05, 0.1) is 17.2 Å². The molecule has 0 atom stereocenters. The van der Waals surface area contributed by atoms with Gasteiger partial charge in [-0.3, -0.25) is 10.1 Å². The zero-order valence-electron chi connectivity index (χ0n) is 17.4. The van der Waals surface area contributed by atoms with Gasteiger partial charge in [0.25, 0.3) is 5.69 Å². The molecule has 7 heteroatoms. The van der Waals surface area contributed by atoms with Gasteiger partial charge >= 0.3 is 5.97 Å². The van der Waals surface area contributed by atoms with E-state index in [-0.39, 0.29) is 22.6 Å². The third kappa shape index (κ3) is 5.88. The van der Waals surface area contributed by atoms with Gasteiger partial charge in [0.2, 0.25) is 0 Å². The van der Waals surface area contributed by atoms with Crippen LogP contribution < -0.4 is 0 Å². The zero-order chi connectivity index (χ0) is 22.2. The second-order valence-corrected chi connectivity index (χ2v) is 7.34. The van der Waals surface area contributed by atoms with Crippen molar-refractivity contribution < 1.29 is 14.8 Å². The number of aliphatic carboxylic acids is 1. The molecule has 2 aromatic carbocycles. The van der Waals surface area contributed by atoms with E-state index in [2.05, 4.69) is 11.9 Å². The Morgan fingerprint density at radius 3 is 2.55 bits per heavy atom. The summed E-state index contributed by atoms with van der Waals surface area (Å²) in [5.41, 5.74) is 2.33. The molecule has 160 valence electrons. The number of nitro benzene ring substituents is 1. The van der Waals surface area contributed by atoms with E-state index < -0.39 is 5.97 Å². The molecule has 0 radical (unpaired) electrons. The zero-order valence-corrected chi connectivity index (χ0v) is 17.4. The van der Waals surface area contributed by atoms with Crippen LogP contribution in [0.5, 0.6) is 0 Å². The average molecular weight is 419 g/mol. The van der Waals surface area contributed by atoms with Crippen LogP contribution in [0.25, 0.3) is 6.08 Å². The molecule has 0 aliphatic rings. The fourth-order valence-electron chi connectivity index (χ4n) is 3.41. The maximum absolute atomic E-state index is 11.8. The van der Waals surface area contributed by atoms with Crippen LogP contribution in [0.15, 0.2) is 66.4 Å². The summed E-state index contributed by atoms with van der Waals surface area (Å²) in [5, 5.41) is 21.0. The molecular formula is C24H25N3O4. The Balaban J connectivity index is 1.94. The van der Waals surface area contributed by atoms with Crippen LogP contribution in [0.1, 0.15) is 42.4 Å². The van der Waals surface area contributed by atoms with Crippen LogP contribution in [0.4, 0.5) is 5.69 Å². The number of imidazole rings is 1. The number of hydrogen-bond donors (Lipinski definition) is 1. The molecule has 0 aliphatic heterocycles. The molecule has 1 aromatic heterocycles. The van der Waals surface area contributed by atoms with Crippen LogP contribution in [0, 0.1) is 10.1 Å². The molecule has 0 bridgehead atoms. The highest BCUT2D eigenvalue weighted by Crippen LogP contribution is 2.21. The quantitative estimate of drug-likeness (QED) is 0.286. The molecular weight excluding hydrogens is 394 g/mol. The van der Waals surface area contributed by atoms with Crippen LogP contribution in [0.3, 0.4) is 0 Å².